The fourth-order valence-corrected chi connectivity index (χ4v) is 2.12. The number of carbonyl (C=O) groups excluding carboxylic acids is 2. The second kappa shape index (κ2) is 5.42. The Balaban J connectivity index is 1.93. The number of aryl methyl sites for hydroxylation is 1. The molecule has 1 fully saturated rings. The highest BCUT2D eigenvalue weighted by Gasteiger charge is 2.27. The van der Waals surface area contributed by atoms with Gasteiger partial charge in [-0.2, -0.15) is 0 Å². The largest absolute Gasteiger partial charge is 0.361 e. The van der Waals surface area contributed by atoms with Crippen molar-refractivity contribution in [3.05, 3.63) is 17.5 Å². The molecule has 0 N–H and O–H groups in total. The fourth-order valence-electron chi connectivity index (χ4n) is 2.12. The summed E-state index contributed by atoms with van der Waals surface area (Å²) in [6, 6.07) is 1.63. The lowest BCUT2D eigenvalue weighted by atomic mass is 10.1. The SMILES string of the molecule is Cc1cc(C(=O)N2CCN(C(=O)C(C)C)CC2)no1. The maximum Gasteiger partial charge on any atom is 0.276 e. The van der Waals surface area contributed by atoms with E-state index in [-0.39, 0.29) is 17.7 Å². The van der Waals surface area contributed by atoms with E-state index in [0.29, 0.717) is 37.6 Å². The predicted molar refractivity (Wildman–Crippen MR) is 68.6 cm³/mol. The zero-order valence-corrected chi connectivity index (χ0v) is 11.5. The second-order valence-electron chi connectivity index (χ2n) is 5.09. The lowest BCUT2D eigenvalue weighted by molar-refractivity contribution is -0.135. The van der Waals surface area contributed by atoms with Crippen LogP contribution >= 0.6 is 0 Å². The summed E-state index contributed by atoms with van der Waals surface area (Å²) in [5.41, 5.74) is 0.334. The molecule has 0 spiro atoms. The molecule has 1 aliphatic rings. The lowest BCUT2D eigenvalue weighted by Gasteiger charge is -2.35. The molecule has 6 heteroatoms. The average Bonchev–Trinajstić information content (AvgIpc) is 2.84. The molecule has 1 saturated heterocycles. The fraction of sp³-hybridized carbons (Fsp3) is 0.615. The smallest absolute Gasteiger partial charge is 0.276 e. The summed E-state index contributed by atoms with van der Waals surface area (Å²) in [6.07, 6.45) is 0. The first-order valence-electron chi connectivity index (χ1n) is 6.50. The number of carbonyl (C=O) groups is 2. The molecule has 104 valence electrons. The van der Waals surface area contributed by atoms with E-state index >= 15 is 0 Å². The van der Waals surface area contributed by atoms with Crippen molar-refractivity contribution in [2.75, 3.05) is 26.2 Å². The van der Waals surface area contributed by atoms with Crippen molar-refractivity contribution in [3.8, 4) is 0 Å². The molecule has 0 radical (unpaired) electrons. The quantitative estimate of drug-likeness (QED) is 0.797. The third-order valence-electron chi connectivity index (χ3n) is 3.22. The number of piperazine rings is 1. The first-order chi connectivity index (χ1) is 8.99. The molecule has 2 heterocycles. The van der Waals surface area contributed by atoms with Crippen LogP contribution in [0.25, 0.3) is 0 Å². The van der Waals surface area contributed by atoms with Crippen LogP contribution in [0.2, 0.25) is 0 Å². The van der Waals surface area contributed by atoms with E-state index in [9.17, 15) is 9.59 Å². The highest BCUT2D eigenvalue weighted by atomic mass is 16.5. The van der Waals surface area contributed by atoms with E-state index in [1.807, 2.05) is 18.7 Å². The summed E-state index contributed by atoms with van der Waals surface area (Å²) in [5, 5.41) is 3.73. The summed E-state index contributed by atoms with van der Waals surface area (Å²) in [5.74, 6) is 0.635. The maximum absolute atomic E-state index is 12.1. The summed E-state index contributed by atoms with van der Waals surface area (Å²) in [6.45, 7) is 7.78. The first kappa shape index (κ1) is 13.6. The molecule has 0 bridgehead atoms. The van der Waals surface area contributed by atoms with Crippen LogP contribution in [0.5, 0.6) is 0 Å². The lowest BCUT2D eigenvalue weighted by Crippen LogP contribution is -2.51. The normalized spacial score (nSPS) is 16.0. The molecule has 0 aromatic carbocycles. The van der Waals surface area contributed by atoms with Gasteiger partial charge in [0.1, 0.15) is 5.76 Å². The van der Waals surface area contributed by atoms with Crippen molar-refractivity contribution in [2.24, 2.45) is 5.92 Å². The van der Waals surface area contributed by atoms with Crippen molar-refractivity contribution in [1.82, 2.24) is 15.0 Å². The number of nitrogens with zero attached hydrogens (tertiary/aromatic N) is 3. The van der Waals surface area contributed by atoms with Gasteiger partial charge in [0.15, 0.2) is 5.69 Å². The molecule has 0 unspecified atom stereocenters. The Morgan fingerprint density at radius 1 is 1.21 bits per heavy atom. The highest BCUT2D eigenvalue weighted by Crippen LogP contribution is 2.11. The number of amides is 2. The van der Waals surface area contributed by atoms with Gasteiger partial charge in [0.25, 0.3) is 5.91 Å². The first-order valence-corrected chi connectivity index (χ1v) is 6.50. The van der Waals surface area contributed by atoms with Gasteiger partial charge < -0.3 is 14.3 Å². The van der Waals surface area contributed by atoms with E-state index in [1.54, 1.807) is 17.9 Å². The molecule has 6 nitrogen and oxygen atoms in total. The van der Waals surface area contributed by atoms with Gasteiger partial charge >= 0.3 is 0 Å². The van der Waals surface area contributed by atoms with Gasteiger partial charge in [-0.05, 0) is 6.92 Å². The van der Waals surface area contributed by atoms with Crippen LogP contribution < -0.4 is 0 Å². The van der Waals surface area contributed by atoms with Gasteiger partial charge in [-0.25, -0.2) is 0 Å². The van der Waals surface area contributed by atoms with E-state index < -0.39 is 0 Å². The van der Waals surface area contributed by atoms with E-state index in [0.717, 1.165) is 0 Å². The molecule has 2 rings (SSSR count). The second-order valence-corrected chi connectivity index (χ2v) is 5.09. The minimum atomic E-state index is -0.131. The van der Waals surface area contributed by atoms with E-state index in [1.165, 1.54) is 0 Å². The number of rotatable bonds is 2. The van der Waals surface area contributed by atoms with Gasteiger partial charge in [-0.1, -0.05) is 19.0 Å². The number of hydrogen-bond acceptors (Lipinski definition) is 4. The molecule has 1 aliphatic heterocycles. The summed E-state index contributed by atoms with van der Waals surface area (Å²) in [4.78, 5) is 27.5. The monoisotopic (exact) mass is 265 g/mol. The molecule has 2 amide bonds. The van der Waals surface area contributed by atoms with Crippen molar-refractivity contribution in [2.45, 2.75) is 20.8 Å². The van der Waals surface area contributed by atoms with Crippen LogP contribution in [-0.2, 0) is 4.79 Å². The van der Waals surface area contributed by atoms with Gasteiger partial charge in [0, 0.05) is 38.2 Å². The molecule has 19 heavy (non-hydrogen) atoms. The van der Waals surface area contributed by atoms with Gasteiger partial charge in [-0.3, -0.25) is 9.59 Å². The van der Waals surface area contributed by atoms with Crippen LogP contribution in [0, 0.1) is 12.8 Å². The van der Waals surface area contributed by atoms with Crippen LogP contribution in [0.4, 0.5) is 0 Å². The van der Waals surface area contributed by atoms with Gasteiger partial charge in [0.2, 0.25) is 5.91 Å². The summed E-state index contributed by atoms with van der Waals surface area (Å²) in [7, 11) is 0. The van der Waals surface area contributed by atoms with E-state index in [4.69, 9.17) is 4.52 Å². The minimum Gasteiger partial charge on any atom is -0.361 e. The Bertz CT molecular complexity index is 473. The predicted octanol–water partition coefficient (Wildman–Crippen LogP) is 0.923. The average molecular weight is 265 g/mol. The molecule has 1 aromatic rings. The minimum absolute atomic E-state index is 0.000409. The molecular weight excluding hydrogens is 246 g/mol. The number of aromatic nitrogens is 1. The molecule has 0 aliphatic carbocycles. The Kier molecular flexibility index (Phi) is 3.87. The topological polar surface area (TPSA) is 66.7 Å². The van der Waals surface area contributed by atoms with Gasteiger partial charge in [-0.15, -0.1) is 0 Å². The zero-order valence-electron chi connectivity index (χ0n) is 11.5. The molecular formula is C13H19N3O3. The summed E-state index contributed by atoms with van der Waals surface area (Å²) < 4.78 is 4.91. The van der Waals surface area contributed by atoms with Crippen molar-refractivity contribution in [3.63, 3.8) is 0 Å². The van der Waals surface area contributed by atoms with Gasteiger partial charge in [0.05, 0.1) is 0 Å². The van der Waals surface area contributed by atoms with Crippen molar-refractivity contribution < 1.29 is 14.1 Å². The van der Waals surface area contributed by atoms with Crippen LogP contribution in [0.1, 0.15) is 30.1 Å². The number of hydrogen-bond donors (Lipinski definition) is 0. The van der Waals surface area contributed by atoms with E-state index in [2.05, 4.69) is 5.16 Å². The van der Waals surface area contributed by atoms with Crippen LogP contribution in [0.15, 0.2) is 10.6 Å². The van der Waals surface area contributed by atoms with Crippen LogP contribution in [0.3, 0.4) is 0 Å². The Labute approximate surface area is 112 Å². The third-order valence-corrected chi connectivity index (χ3v) is 3.22. The zero-order chi connectivity index (χ0) is 14.0. The molecule has 1 aromatic heterocycles. The Morgan fingerprint density at radius 2 is 1.79 bits per heavy atom. The van der Waals surface area contributed by atoms with Crippen molar-refractivity contribution in [1.29, 1.82) is 0 Å². The summed E-state index contributed by atoms with van der Waals surface area (Å²) >= 11 is 0. The Morgan fingerprint density at radius 3 is 2.26 bits per heavy atom. The molecule has 0 atom stereocenters. The Hall–Kier alpha value is -1.85. The van der Waals surface area contributed by atoms with Crippen LogP contribution in [-0.4, -0.2) is 52.9 Å². The highest BCUT2D eigenvalue weighted by molar-refractivity contribution is 5.92. The van der Waals surface area contributed by atoms with Crippen molar-refractivity contribution >= 4 is 11.8 Å². The standard InChI is InChI=1S/C13H19N3O3/c1-9(2)12(17)15-4-6-16(7-5-15)13(18)11-8-10(3)19-14-11/h8-9H,4-7H2,1-3H3. The maximum atomic E-state index is 12.1. The third kappa shape index (κ3) is 2.94. The molecule has 0 saturated carbocycles.